The van der Waals surface area contributed by atoms with E-state index in [9.17, 15) is 4.79 Å². The number of nitrogens with one attached hydrogen (secondary N) is 2. The standard InChI is InChI=1S/C11H17N3O2/c1-3-13-10(15)8-12-7-9-4-5-14-11(6-9)16-2/h4-6,12H,3,7-8H2,1-2H3,(H,13,15). The van der Waals surface area contributed by atoms with Crippen molar-refractivity contribution in [3.8, 4) is 5.88 Å². The minimum absolute atomic E-state index is 0.00326. The Morgan fingerprint density at radius 2 is 2.38 bits per heavy atom. The topological polar surface area (TPSA) is 63.2 Å². The molecule has 0 spiro atoms. The molecule has 5 nitrogen and oxygen atoms in total. The highest BCUT2D eigenvalue weighted by Gasteiger charge is 2.00. The van der Waals surface area contributed by atoms with Crippen LogP contribution >= 0.6 is 0 Å². The molecule has 2 N–H and O–H groups in total. The van der Waals surface area contributed by atoms with E-state index >= 15 is 0 Å². The first kappa shape index (κ1) is 12.4. The number of nitrogens with zero attached hydrogens (tertiary/aromatic N) is 1. The van der Waals surface area contributed by atoms with Crippen LogP contribution in [0.4, 0.5) is 0 Å². The summed E-state index contributed by atoms with van der Waals surface area (Å²) in [6.07, 6.45) is 1.68. The fraction of sp³-hybridized carbons (Fsp3) is 0.455. The lowest BCUT2D eigenvalue weighted by atomic mass is 10.2. The van der Waals surface area contributed by atoms with E-state index in [-0.39, 0.29) is 5.91 Å². The van der Waals surface area contributed by atoms with Crippen molar-refractivity contribution in [2.45, 2.75) is 13.5 Å². The molecule has 0 saturated heterocycles. The molecule has 1 heterocycles. The molecule has 0 aliphatic carbocycles. The Hall–Kier alpha value is -1.62. The summed E-state index contributed by atoms with van der Waals surface area (Å²) in [5.74, 6) is 0.584. The van der Waals surface area contributed by atoms with E-state index in [4.69, 9.17) is 4.74 Å². The van der Waals surface area contributed by atoms with Gasteiger partial charge in [0.2, 0.25) is 11.8 Å². The number of rotatable bonds is 6. The summed E-state index contributed by atoms with van der Waals surface area (Å²) in [6.45, 7) is 3.49. The van der Waals surface area contributed by atoms with Gasteiger partial charge in [-0.05, 0) is 18.6 Å². The van der Waals surface area contributed by atoms with Gasteiger partial charge in [-0.3, -0.25) is 4.79 Å². The zero-order chi connectivity index (χ0) is 11.8. The number of amides is 1. The summed E-state index contributed by atoms with van der Waals surface area (Å²) in [7, 11) is 1.58. The van der Waals surface area contributed by atoms with Crippen molar-refractivity contribution >= 4 is 5.91 Å². The maximum Gasteiger partial charge on any atom is 0.233 e. The second-order valence-electron chi connectivity index (χ2n) is 3.26. The Kier molecular flexibility index (Phi) is 5.28. The van der Waals surface area contributed by atoms with Crippen molar-refractivity contribution < 1.29 is 9.53 Å². The second-order valence-corrected chi connectivity index (χ2v) is 3.26. The normalized spacial score (nSPS) is 9.88. The third-order valence-electron chi connectivity index (χ3n) is 2.00. The van der Waals surface area contributed by atoms with Gasteiger partial charge >= 0.3 is 0 Å². The quantitative estimate of drug-likeness (QED) is 0.729. The largest absolute Gasteiger partial charge is 0.481 e. The molecule has 1 amide bonds. The summed E-state index contributed by atoms with van der Waals surface area (Å²) in [5, 5.41) is 5.76. The minimum Gasteiger partial charge on any atom is -0.481 e. The average Bonchev–Trinajstić information content (AvgIpc) is 2.30. The Bertz CT molecular complexity index is 342. The van der Waals surface area contributed by atoms with E-state index in [0.29, 0.717) is 25.5 Å². The maximum absolute atomic E-state index is 11.1. The smallest absolute Gasteiger partial charge is 0.233 e. The van der Waals surface area contributed by atoms with Crippen LogP contribution in [0, 0.1) is 0 Å². The monoisotopic (exact) mass is 223 g/mol. The van der Waals surface area contributed by atoms with E-state index in [0.717, 1.165) is 5.56 Å². The number of hydrogen-bond donors (Lipinski definition) is 2. The van der Waals surface area contributed by atoms with E-state index in [1.54, 1.807) is 13.3 Å². The molecule has 0 aromatic carbocycles. The molecule has 0 unspecified atom stereocenters. The maximum atomic E-state index is 11.1. The lowest BCUT2D eigenvalue weighted by Gasteiger charge is -2.06. The lowest BCUT2D eigenvalue weighted by molar-refractivity contribution is -0.120. The van der Waals surface area contributed by atoms with Gasteiger partial charge < -0.3 is 15.4 Å². The van der Waals surface area contributed by atoms with Crippen molar-refractivity contribution in [2.24, 2.45) is 0 Å². The molecule has 0 fully saturated rings. The van der Waals surface area contributed by atoms with Crippen LogP contribution in [0.3, 0.4) is 0 Å². The highest BCUT2D eigenvalue weighted by molar-refractivity contribution is 5.77. The average molecular weight is 223 g/mol. The van der Waals surface area contributed by atoms with Crippen LogP contribution in [0.15, 0.2) is 18.3 Å². The predicted molar refractivity (Wildman–Crippen MR) is 61.2 cm³/mol. The Balaban J connectivity index is 2.34. The number of aromatic nitrogens is 1. The molecule has 0 aliphatic rings. The molecule has 1 aromatic heterocycles. The minimum atomic E-state index is 0.00326. The zero-order valence-electron chi connectivity index (χ0n) is 9.62. The lowest BCUT2D eigenvalue weighted by Crippen LogP contribution is -2.33. The van der Waals surface area contributed by atoms with Gasteiger partial charge in [0.15, 0.2) is 0 Å². The number of likely N-dealkylation sites (N-methyl/N-ethyl adjacent to an activating group) is 1. The van der Waals surface area contributed by atoms with Gasteiger partial charge in [-0.1, -0.05) is 0 Å². The highest BCUT2D eigenvalue weighted by Crippen LogP contribution is 2.07. The van der Waals surface area contributed by atoms with Crippen molar-refractivity contribution in [1.82, 2.24) is 15.6 Å². The molecule has 88 valence electrons. The first-order chi connectivity index (χ1) is 7.76. The van der Waals surface area contributed by atoms with Gasteiger partial charge in [0, 0.05) is 25.4 Å². The number of methoxy groups -OCH3 is 1. The van der Waals surface area contributed by atoms with Gasteiger partial charge in [-0.15, -0.1) is 0 Å². The Morgan fingerprint density at radius 3 is 3.06 bits per heavy atom. The van der Waals surface area contributed by atoms with E-state index < -0.39 is 0 Å². The van der Waals surface area contributed by atoms with Crippen LogP contribution in [0.5, 0.6) is 5.88 Å². The van der Waals surface area contributed by atoms with Gasteiger partial charge in [0.25, 0.3) is 0 Å². The molecular formula is C11H17N3O2. The van der Waals surface area contributed by atoms with Gasteiger partial charge in [-0.25, -0.2) is 4.98 Å². The second kappa shape index (κ2) is 6.79. The van der Waals surface area contributed by atoms with Crippen molar-refractivity contribution in [3.05, 3.63) is 23.9 Å². The molecule has 16 heavy (non-hydrogen) atoms. The summed E-state index contributed by atoms with van der Waals surface area (Å²) >= 11 is 0. The van der Waals surface area contributed by atoms with Crippen LogP contribution < -0.4 is 15.4 Å². The van der Waals surface area contributed by atoms with Gasteiger partial charge in [0.1, 0.15) is 0 Å². The fourth-order valence-corrected chi connectivity index (χ4v) is 1.25. The summed E-state index contributed by atoms with van der Waals surface area (Å²) in [4.78, 5) is 15.1. The zero-order valence-corrected chi connectivity index (χ0v) is 9.62. The molecule has 0 bridgehead atoms. The predicted octanol–water partition coefficient (Wildman–Crippen LogP) is 0.316. The fourth-order valence-electron chi connectivity index (χ4n) is 1.25. The third-order valence-corrected chi connectivity index (χ3v) is 2.00. The molecule has 5 heteroatoms. The molecule has 1 rings (SSSR count). The van der Waals surface area contributed by atoms with Crippen molar-refractivity contribution in [1.29, 1.82) is 0 Å². The number of pyridine rings is 1. The van der Waals surface area contributed by atoms with Crippen molar-refractivity contribution in [2.75, 3.05) is 20.2 Å². The van der Waals surface area contributed by atoms with E-state index in [1.807, 2.05) is 19.1 Å². The van der Waals surface area contributed by atoms with Crippen LogP contribution in [0.25, 0.3) is 0 Å². The highest BCUT2D eigenvalue weighted by atomic mass is 16.5. The summed E-state index contributed by atoms with van der Waals surface area (Å²) in [6, 6.07) is 3.72. The van der Waals surface area contributed by atoms with Crippen LogP contribution in [-0.4, -0.2) is 31.1 Å². The molecule has 1 aromatic rings. The van der Waals surface area contributed by atoms with E-state index in [2.05, 4.69) is 15.6 Å². The van der Waals surface area contributed by atoms with Gasteiger partial charge in [0.05, 0.1) is 13.7 Å². The van der Waals surface area contributed by atoms with Crippen LogP contribution in [0.2, 0.25) is 0 Å². The number of ether oxygens (including phenoxy) is 1. The van der Waals surface area contributed by atoms with Crippen LogP contribution in [-0.2, 0) is 11.3 Å². The van der Waals surface area contributed by atoms with Crippen LogP contribution in [0.1, 0.15) is 12.5 Å². The third kappa shape index (κ3) is 4.27. The molecule has 0 aliphatic heterocycles. The summed E-state index contributed by atoms with van der Waals surface area (Å²) in [5.41, 5.74) is 1.04. The first-order valence-electron chi connectivity index (χ1n) is 5.22. The molecular weight excluding hydrogens is 206 g/mol. The first-order valence-corrected chi connectivity index (χ1v) is 5.22. The Labute approximate surface area is 95.2 Å². The number of carbonyl (C=O) groups excluding carboxylic acids is 1. The Morgan fingerprint density at radius 1 is 1.56 bits per heavy atom. The molecule has 0 radical (unpaired) electrons. The molecule has 0 saturated carbocycles. The van der Waals surface area contributed by atoms with Crippen molar-refractivity contribution in [3.63, 3.8) is 0 Å². The number of carbonyl (C=O) groups is 1. The summed E-state index contributed by atoms with van der Waals surface area (Å²) < 4.78 is 5.00. The number of hydrogen-bond acceptors (Lipinski definition) is 4. The van der Waals surface area contributed by atoms with E-state index in [1.165, 1.54) is 0 Å². The molecule has 0 atom stereocenters. The van der Waals surface area contributed by atoms with Gasteiger partial charge in [-0.2, -0.15) is 0 Å². The SMILES string of the molecule is CCNC(=O)CNCc1ccnc(OC)c1.